The molecular formula is C23H27N7O2. The number of hydrogen-bond acceptors (Lipinski definition) is 5. The number of rotatable bonds is 4. The summed E-state index contributed by atoms with van der Waals surface area (Å²) in [4.78, 5) is 17.8. The van der Waals surface area contributed by atoms with E-state index in [1.165, 1.54) is 0 Å². The minimum Gasteiger partial charge on any atom is -0.496 e. The molecular weight excluding hydrogens is 406 g/mol. The Bertz CT molecular complexity index is 1470. The third-order valence-electron chi connectivity index (χ3n) is 5.70. The first-order chi connectivity index (χ1) is 15.3. The molecule has 0 aromatic carbocycles. The smallest absolute Gasteiger partial charge is 0.333 e. The summed E-state index contributed by atoms with van der Waals surface area (Å²) in [7, 11) is 6.93. The largest absolute Gasteiger partial charge is 0.496 e. The zero-order valence-electron chi connectivity index (χ0n) is 19.2. The molecule has 0 fully saturated rings. The van der Waals surface area contributed by atoms with Gasteiger partial charge in [-0.25, -0.2) is 4.79 Å². The first kappa shape index (κ1) is 21.4. The molecule has 1 aliphatic rings. The van der Waals surface area contributed by atoms with E-state index >= 15 is 0 Å². The van der Waals surface area contributed by atoms with Gasteiger partial charge < -0.3 is 4.74 Å². The highest BCUT2D eigenvalue weighted by atomic mass is 16.5. The van der Waals surface area contributed by atoms with Gasteiger partial charge in [0, 0.05) is 62.9 Å². The van der Waals surface area contributed by atoms with Crippen molar-refractivity contribution < 1.29 is 4.74 Å². The number of methoxy groups -OCH3 is 1. The number of imidazole rings is 1. The SMILES string of the molecule is C=c1/c(=C2/C=C(c3cnn(C)c3)C(OC)=C/C2=N/C)n(-c2cn(CC)nc2C)c(=O)n1C. The minimum absolute atomic E-state index is 0.190. The fourth-order valence-corrected chi connectivity index (χ4v) is 3.94. The molecule has 0 N–H and O–H groups in total. The summed E-state index contributed by atoms with van der Waals surface area (Å²) in [5.74, 6) is 0.674. The second-order valence-corrected chi connectivity index (χ2v) is 7.62. The monoisotopic (exact) mass is 433 g/mol. The van der Waals surface area contributed by atoms with Gasteiger partial charge in [0.2, 0.25) is 0 Å². The van der Waals surface area contributed by atoms with Crippen LogP contribution in [-0.2, 0) is 25.4 Å². The zero-order valence-corrected chi connectivity index (χ0v) is 19.2. The quantitative estimate of drug-likeness (QED) is 0.606. The average molecular weight is 434 g/mol. The van der Waals surface area contributed by atoms with Crippen LogP contribution in [0.25, 0.3) is 23.4 Å². The number of aliphatic imine (C=N–C) groups is 1. The molecule has 4 rings (SSSR count). The van der Waals surface area contributed by atoms with Crippen LogP contribution in [0.2, 0.25) is 0 Å². The summed E-state index contributed by atoms with van der Waals surface area (Å²) in [6.45, 7) is 8.82. The van der Waals surface area contributed by atoms with Crippen LogP contribution < -0.4 is 16.4 Å². The molecule has 0 atom stereocenters. The van der Waals surface area contributed by atoms with Crippen LogP contribution in [0, 0.1) is 6.92 Å². The van der Waals surface area contributed by atoms with Crippen molar-refractivity contribution in [1.29, 1.82) is 0 Å². The highest BCUT2D eigenvalue weighted by Crippen LogP contribution is 2.30. The Morgan fingerprint density at radius 1 is 1.22 bits per heavy atom. The summed E-state index contributed by atoms with van der Waals surface area (Å²) >= 11 is 0. The highest BCUT2D eigenvalue weighted by molar-refractivity contribution is 6.31. The predicted octanol–water partition coefficient (Wildman–Crippen LogP) is 0.694. The topological polar surface area (TPSA) is 84.2 Å². The Morgan fingerprint density at radius 2 is 1.97 bits per heavy atom. The lowest BCUT2D eigenvalue weighted by Crippen LogP contribution is -2.35. The van der Waals surface area contributed by atoms with Gasteiger partial charge in [-0.3, -0.25) is 23.5 Å². The van der Waals surface area contributed by atoms with E-state index in [0.29, 0.717) is 28.7 Å². The molecule has 0 radical (unpaired) electrons. The van der Waals surface area contributed by atoms with Crippen molar-refractivity contribution >= 4 is 23.4 Å². The molecule has 0 saturated heterocycles. The fraction of sp³-hybridized carbons (Fsp3) is 0.304. The second kappa shape index (κ2) is 7.99. The normalized spacial score (nSPS) is 17.0. The lowest BCUT2D eigenvalue weighted by molar-refractivity contribution is 0.311. The van der Waals surface area contributed by atoms with Gasteiger partial charge in [-0.05, 0) is 19.9 Å². The number of hydrogen-bond donors (Lipinski definition) is 0. The molecule has 0 bridgehead atoms. The molecule has 3 aromatic rings. The number of allylic oxidation sites excluding steroid dienone is 3. The van der Waals surface area contributed by atoms with Crippen molar-refractivity contribution in [2.45, 2.75) is 20.4 Å². The molecule has 9 nitrogen and oxygen atoms in total. The number of aromatic nitrogens is 6. The van der Waals surface area contributed by atoms with E-state index < -0.39 is 0 Å². The van der Waals surface area contributed by atoms with Gasteiger partial charge in [-0.2, -0.15) is 10.2 Å². The van der Waals surface area contributed by atoms with Crippen LogP contribution in [-0.4, -0.2) is 48.6 Å². The summed E-state index contributed by atoms with van der Waals surface area (Å²) in [5.41, 5.74) is 4.52. The number of ether oxygens (including phenoxy) is 1. The molecule has 166 valence electrons. The van der Waals surface area contributed by atoms with Crippen molar-refractivity contribution in [3.8, 4) is 5.69 Å². The van der Waals surface area contributed by atoms with E-state index in [1.54, 1.807) is 41.2 Å². The Morgan fingerprint density at radius 3 is 2.53 bits per heavy atom. The summed E-state index contributed by atoms with van der Waals surface area (Å²) in [6, 6.07) is 0. The minimum atomic E-state index is -0.190. The van der Waals surface area contributed by atoms with Crippen molar-refractivity contribution in [1.82, 2.24) is 28.7 Å². The molecule has 3 aromatic heterocycles. The maximum atomic E-state index is 13.3. The van der Waals surface area contributed by atoms with Gasteiger partial charge in [-0.1, -0.05) is 6.58 Å². The van der Waals surface area contributed by atoms with Gasteiger partial charge in [-0.15, -0.1) is 0 Å². The third-order valence-corrected chi connectivity index (χ3v) is 5.70. The lowest BCUT2D eigenvalue weighted by atomic mass is 9.94. The summed E-state index contributed by atoms with van der Waals surface area (Å²) in [5, 5.41) is 10.1. The second-order valence-electron chi connectivity index (χ2n) is 7.62. The van der Waals surface area contributed by atoms with Gasteiger partial charge in [0.15, 0.2) is 0 Å². The Hall–Kier alpha value is -3.88. The molecule has 32 heavy (non-hydrogen) atoms. The van der Waals surface area contributed by atoms with E-state index in [9.17, 15) is 4.79 Å². The van der Waals surface area contributed by atoms with Crippen molar-refractivity contribution in [3.63, 3.8) is 0 Å². The first-order valence-corrected chi connectivity index (χ1v) is 10.3. The summed E-state index contributed by atoms with van der Waals surface area (Å²) < 4.78 is 12.4. The van der Waals surface area contributed by atoms with Crippen molar-refractivity contribution in [3.05, 3.63) is 68.9 Å². The van der Waals surface area contributed by atoms with E-state index in [2.05, 4.69) is 21.8 Å². The van der Waals surface area contributed by atoms with Crippen LogP contribution >= 0.6 is 0 Å². The molecule has 3 heterocycles. The first-order valence-electron chi connectivity index (χ1n) is 10.3. The van der Waals surface area contributed by atoms with Gasteiger partial charge >= 0.3 is 5.69 Å². The maximum absolute atomic E-state index is 13.3. The number of nitrogens with zero attached hydrogens (tertiary/aromatic N) is 7. The maximum Gasteiger partial charge on any atom is 0.333 e. The number of aryl methyl sites for hydroxylation is 3. The van der Waals surface area contributed by atoms with E-state index in [1.807, 2.05) is 50.1 Å². The van der Waals surface area contributed by atoms with Crippen LogP contribution in [0.3, 0.4) is 0 Å². The van der Waals surface area contributed by atoms with Crippen molar-refractivity contribution in [2.24, 2.45) is 19.1 Å². The van der Waals surface area contributed by atoms with E-state index in [-0.39, 0.29) is 5.69 Å². The van der Waals surface area contributed by atoms with E-state index in [4.69, 9.17) is 4.74 Å². The molecule has 9 heteroatoms. The third kappa shape index (κ3) is 3.26. The Labute approximate surface area is 185 Å². The Kier molecular flexibility index (Phi) is 5.33. The predicted molar refractivity (Wildman–Crippen MR) is 125 cm³/mol. The van der Waals surface area contributed by atoms with Crippen LogP contribution in [0.1, 0.15) is 18.2 Å². The Balaban J connectivity index is 2.14. The zero-order chi connectivity index (χ0) is 23.2. The fourth-order valence-electron chi connectivity index (χ4n) is 3.94. The van der Waals surface area contributed by atoms with E-state index in [0.717, 1.165) is 28.1 Å². The molecule has 0 spiro atoms. The molecule has 0 saturated carbocycles. The van der Waals surface area contributed by atoms with Crippen LogP contribution in [0.5, 0.6) is 0 Å². The molecule has 0 aliphatic heterocycles. The molecule has 1 aliphatic carbocycles. The highest BCUT2D eigenvalue weighted by Gasteiger charge is 2.23. The summed E-state index contributed by atoms with van der Waals surface area (Å²) in [6.07, 6.45) is 9.44. The van der Waals surface area contributed by atoms with Gasteiger partial charge in [0.25, 0.3) is 0 Å². The lowest BCUT2D eigenvalue weighted by Gasteiger charge is -2.17. The van der Waals surface area contributed by atoms with Gasteiger partial charge in [0.05, 0.1) is 41.1 Å². The average Bonchev–Trinajstić information content (AvgIpc) is 3.45. The molecule has 0 unspecified atom stereocenters. The van der Waals surface area contributed by atoms with Crippen LogP contribution in [0.15, 0.2) is 46.3 Å². The molecule has 0 amide bonds. The van der Waals surface area contributed by atoms with Crippen molar-refractivity contribution in [2.75, 3.05) is 14.2 Å². The van der Waals surface area contributed by atoms with Gasteiger partial charge in [0.1, 0.15) is 5.76 Å². The van der Waals surface area contributed by atoms with Crippen LogP contribution in [0.4, 0.5) is 0 Å². The standard InChI is InChI=1S/C23H27N7O2/c1-8-29-13-20(14(2)26-29)30-22(15(3)28(6)23(30)31)18-9-17(16-11-25-27(5)12-16)21(32-7)10-19(18)24-4/h9-13H,3,8H2,1-2,4-7H3/b22-18+,24-19-.